The molecule has 18 heavy (non-hydrogen) atoms. The van der Waals surface area contributed by atoms with E-state index >= 15 is 0 Å². The third kappa shape index (κ3) is 8.47. The van der Waals surface area contributed by atoms with Crippen LogP contribution in [0.25, 0.3) is 0 Å². The molecule has 0 aliphatic carbocycles. The molecule has 1 amide bonds. The molecule has 0 unspecified atom stereocenters. The van der Waals surface area contributed by atoms with E-state index in [0.717, 1.165) is 12.7 Å². The number of amides is 1. The first-order valence-corrected chi connectivity index (χ1v) is 7.91. The van der Waals surface area contributed by atoms with Gasteiger partial charge in [-0.15, -0.1) is 0 Å². The fourth-order valence-corrected chi connectivity index (χ4v) is 2.92. The first kappa shape index (κ1) is 17.4. The van der Waals surface area contributed by atoms with E-state index in [4.69, 9.17) is 0 Å². The van der Waals surface area contributed by atoms with E-state index in [0.29, 0.717) is 13.0 Å². The predicted octanol–water partition coefficient (Wildman–Crippen LogP) is 1.11. The van der Waals surface area contributed by atoms with E-state index in [1.807, 2.05) is 27.7 Å². The fourth-order valence-electron chi connectivity index (χ4n) is 2.27. The summed E-state index contributed by atoms with van der Waals surface area (Å²) < 4.78 is 24.7. The Balaban J connectivity index is 4.50. The highest BCUT2D eigenvalue weighted by atomic mass is 32.2. The van der Waals surface area contributed by atoms with Gasteiger partial charge in [0.15, 0.2) is 0 Å². The van der Waals surface area contributed by atoms with E-state index in [-0.39, 0.29) is 16.7 Å². The summed E-state index contributed by atoms with van der Waals surface area (Å²) in [5, 5.41) is 2.61. The Labute approximate surface area is 111 Å². The largest absolute Gasteiger partial charge is 0.359 e. The molecule has 0 saturated heterocycles. The zero-order valence-electron chi connectivity index (χ0n) is 12.3. The molecule has 0 heterocycles. The van der Waals surface area contributed by atoms with Crippen LogP contribution in [0.1, 0.15) is 40.5 Å². The molecule has 108 valence electrons. The zero-order chi connectivity index (χ0) is 14.6. The Morgan fingerprint density at radius 1 is 1.11 bits per heavy atom. The fraction of sp³-hybridized carbons (Fsp3) is 0.917. The molecular weight excluding hydrogens is 252 g/mol. The van der Waals surface area contributed by atoms with Crippen LogP contribution in [0.4, 0.5) is 0 Å². The van der Waals surface area contributed by atoms with E-state index < -0.39 is 10.0 Å². The summed E-state index contributed by atoms with van der Waals surface area (Å²) in [6, 6.07) is 0. The lowest BCUT2D eigenvalue weighted by Gasteiger charge is -2.34. The van der Waals surface area contributed by atoms with Crippen molar-refractivity contribution in [1.29, 1.82) is 0 Å². The lowest BCUT2D eigenvalue weighted by Crippen LogP contribution is -2.37. The van der Waals surface area contributed by atoms with Crippen molar-refractivity contribution >= 4 is 15.9 Å². The van der Waals surface area contributed by atoms with Gasteiger partial charge in [0.05, 0.1) is 6.26 Å². The molecule has 0 aromatic heterocycles. The molecule has 0 spiro atoms. The summed E-state index contributed by atoms with van der Waals surface area (Å²) in [5.74, 6) is 0.00636. The Hall–Kier alpha value is -0.620. The van der Waals surface area contributed by atoms with Crippen LogP contribution in [0.3, 0.4) is 0 Å². The summed E-state index contributed by atoms with van der Waals surface area (Å²) in [7, 11) is -1.55. The SMILES string of the molecule is CNC(=O)CC(C)(C)CC(C)(C)CNS(C)(=O)=O. The molecule has 2 N–H and O–H groups in total. The van der Waals surface area contributed by atoms with E-state index in [1.54, 1.807) is 7.05 Å². The molecule has 0 aromatic carbocycles. The molecule has 0 atom stereocenters. The second-order valence-electron chi connectivity index (χ2n) is 6.45. The third-order valence-electron chi connectivity index (χ3n) is 2.69. The monoisotopic (exact) mass is 278 g/mol. The normalized spacial score (nSPS) is 13.4. The van der Waals surface area contributed by atoms with Gasteiger partial charge in [-0.05, 0) is 17.3 Å². The smallest absolute Gasteiger partial charge is 0.220 e. The Kier molecular flexibility index (Phi) is 5.81. The molecule has 5 nitrogen and oxygen atoms in total. The van der Waals surface area contributed by atoms with Gasteiger partial charge >= 0.3 is 0 Å². The van der Waals surface area contributed by atoms with Crippen molar-refractivity contribution in [2.24, 2.45) is 10.8 Å². The van der Waals surface area contributed by atoms with Crippen molar-refractivity contribution in [2.75, 3.05) is 19.8 Å². The highest BCUT2D eigenvalue weighted by Gasteiger charge is 2.30. The highest BCUT2D eigenvalue weighted by Crippen LogP contribution is 2.35. The van der Waals surface area contributed by atoms with Gasteiger partial charge in [-0.2, -0.15) is 0 Å². The molecule has 0 rings (SSSR count). The number of rotatable bonds is 7. The van der Waals surface area contributed by atoms with Crippen LogP contribution in [-0.2, 0) is 14.8 Å². The quantitative estimate of drug-likeness (QED) is 0.732. The van der Waals surface area contributed by atoms with E-state index in [2.05, 4.69) is 10.0 Å². The van der Waals surface area contributed by atoms with Gasteiger partial charge in [0.25, 0.3) is 0 Å². The van der Waals surface area contributed by atoms with Crippen LogP contribution in [0.2, 0.25) is 0 Å². The van der Waals surface area contributed by atoms with Gasteiger partial charge < -0.3 is 5.32 Å². The van der Waals surface area contributed by atoms with Crippen LogP contribution in [0, 0.1) is 10.8 Å². The summed E-state index contributed by atoms with van der Waals surface area (Å²) >= 11 is 0. The van der Waals surface area contributed by atoms with Gasteiger partial charge in [0.1, 0.15) is 0 Å². The summed E-state index contributed by atoms with van der Waals surface area (Å²) in [4.78, 5) is 11.4. The molecule has 0 saturated carbocycles. The Morgan fingerprint density at radius 2 is 1.61 bits per heavy atom. The van der Waals surface area contributed by atoms with Crippen LogP contribution >= 0.6 is 0 Å². The standard InChI is InChI=1S/C12H26N2O3S/c1-11(2,7-10(15)13-5)8-12(3,4)9-14-18(6,16)17/h14H,7-9H2,1-6H3,(H,13,15). The second kappa shape index (κ2) is 6.02. The van der Waals surface area contributed by atoms with Gasteiger partial charge in [-0.25, -0.2) is 13.1 Å². The number of sulfonamides is 1. The minimum atomic E-state index is -3.17. The summed E-state index contributed by atoms with van der Waals surface area (Å²) in [6.07, 6.45) is 2.35. The predicted molar refractivity (Wildman–Crippen MR) is 73.7 cm³/mol. The first-order chi connectivity index (χ1) is 7.87. The van der Waals surface area contributed by atoms with Crippen molar-refractivity contribution in [3.63, 3.8) is 0 Å². The van der Waals surface area contributed by atoms with Crippen LogP contribution in [0.5, 0.6) is 0 Å². The lowest BCUT2D eigenvalue weighted by atomic mass is 9.73. The topological polar surface area (TPSA) is 75.3 Å². The maximum atomic E-state index is 11.4. The number of carbonyl (C=O) groups excluding carboxylic acids is 1. The number of nitrogens with one attached hydrogen (secondary N) is 2. The third-order valence-corrected chi connectivity index (χ3v) is 3.36. The molecule has 6 heteroatoms. The van der Waals surface area contributed by atoms with Gasteiger partial charge in [-0.3, -0.25) is 4.79 Å². The van der Waals surface area contributed by atoms with Gasteiger partial charge in [0.2, 0.25) is 15.9 Å². The summed E-state index contributed by atoms with van der Waals surface area (Å²) in [5.41, 5.74) is -0.358. The minimum Gasteiger partial charge on any atom is -0.359 e. The van der Waals surface area contributed by atoms with Crippen LogP contribution in [0.15, 0.2) is 0 Å². The Morgan fingerprint density at radius 3 is 2.00 bits per heavy atom. The van der Waals surface area contributed by atoms with E-state index in [1.165, 1.54) is 0 Å². The van der Waals surface area contributed by atoms with Crippen LogP contribution in [-0.4, -0.2) is 34.2 Å². The van der Waals surface area contributed by atoms with Crippen molar-refractivity contribution < 1.29 is 13.2 Å². The maximum absolute atomic E-state index is 11.4. The average Bonchev–Trinajstić information content (AvgIpc) is 2.11. The molecule has 0 bridgehead atoms. The van der Waals surface area contributed by atoms with Crippen molar-refractivity contribution in [2.45, 2.75) is 40.5 Å². The average molecular weight is 278 g/mol. The lowest BCUT2D eigenvalue weighted by molar-refractivity contribution is -0.122. The zero-order valence-corrected chi connectivity index (χ0v) is 13.1. The second-order valence-corrected chi connectivity index (χ2v) is 8.28. The molecular formula is C12H26N2O3S. The Bertz CT molecular complexity index is 386. The highest BCUT2D eigenvalue weighted by molar-refractivity contribution is 7.88. The van der Waals surface area contributed by atoms with E-state index in [9.17, 15) is 13.2 Å². The van der Waals surface area contributed by atoms with Crippen molar-refractivity contribution in [3.05, 3.63) is 0 Å². The number of hydrogen-bond acceptors (Lipinski definition) is 3. The van der Waals surface area contributed by atoms with Crippen molar-refractivity contribution in [1.82, 2.24) is 10.0 Å². The number of hydrogen-bond donors (Lipinski definition) is 2. The van der Waals surface area contributed by atoms with Gasteiger partial charge in [0, 0.05) is 20.0 Å². The van der Waals surface area contributed by atoms with Crippen molar-refractivity contribution in [3.8, 4) is 0 Å². The minimum absolute atomic E-state index is 0.00636. The van der Waals surface area contributed by atoms with Gasteiger partial charge in [-0.1, -0.05) is 27.7 Å². The summed E-state index contributed by atoms with van der Waals surface area (Å²) in [6.45, 7) is 8.41. The first-order valence-electron chi connectivity index (χ1n) is 6.02. The molecule has 0 aromatic rings. The molecule has 0 radical (unpaired) electrons. The molecule has 0 aliphatic heterocycles. The molecule has 0 fully saturated rings. The number of carbonyl (C=O) groups is 1. The van der Waals surface area contributed by atoms with Crippen LogP contribution < -0.4 is 10.0 Å². The maximum Gasteiger partial charge on any atom is 0.220 e. The molecule has 0 aliphatic rings.